The molecule has 124 valence electrons. The molecule has 1 aliphatic carbocycles. The zero-order chi connectivity index (χ0) is 16.2. The van der Waals surface area contributed by atoms with E-state index >= 15 is 0 Å². The second kappa shape index (κ2) is 7.16. The van der Waals surface area contributed by atoms with E-state index in [2.05, 4.69) is 0 Å². The van der Waals surface area contributed by atoms with Crippen molar-refractivity contribution in [2.24, 2.45) is 11.8 Å². The Labute approximate surface area is 137 Å². The summed E-state index contributed by atoms with van der Waals surface area (Å²) in [7, 11) is 1.60. The highest BCUT2D eigenvalue weighted by atomic mass is 16.5. The number of carbonyl (C=O) groups is 2. The van der Waals surface area contributed by atoms with Gasteiger partial charge in [-0.05, 0) is 48.9 Å². The summed E-state index contributed by atoms with van der Waals surface area (Å²) in [5.74, 6) is 1.62. The fraction of sp³-hybridized carbons (Fsp3) is 0.579. The first-order valence-corrected chi connectivity index (χ1v) is 8.68. The molecule has 0 spiro atoms. The van der Waals surface area contributed by atoms with Crippen LogP contribution < -0.4 is 4.74 Å². The Bertz CT molecular complexity index is 566. The van der Waals surface area contributed by atoms with Crippen LogP contribution in [0.3, 0.4) is 0 Å². The van der Waals surface area contributed by atoms with Crippen molar-refractivity contribution in [3.8, 4) is 5.75 Å². The largest absolute Gasteiger partial charge is 0.497 e. The lowest BCUT2D eigenvalue weighted by Gasteiger charge is -2.26. The summed E-state index contributed by atoms with van der Waals surface area (Å²) in [4.78, 5) is 26.7. The average molecular weight is 315 g/mol. The SMILES string of the molecule is COc1ccc(C(=O)N2CC3CCCCCC3CCC2=O)cc1. The molecule has 23 heavy (non-hydrogen) atoms. The molecule has 1 aliphatic heterocycles. The van der Waals surface area contributed by atoms with Gasteiger partial charge in [0.1, 0.15) is 5.75 Å². The van der Waals surface area contributed by atoms with Crippen LogP contribution in [0.15, 0.2) is 24.3 Å². The highest BCUT2D eigenvalue weighted by Gasteiger charge is 2.34. The van der Waals surface area contributed by atoms with E-state index in [4.69, 9.17) is 4.74 Å². The number of ether oxygens (including phenoxy) is 1. The van der Waals surface area contributed by atoms with E-state index in [-0.39, 0.29) is 11.8 Å². The third-order valence-corrected chi connectivity index (χ3v) is 5.35. The maximum absolute atomic E-state index is 12.8. The molecule has 0 N–H and O–H groups in total. The lowest BCUT2D eigenvalue weighted by atomic mass is 9.85. The topological polar surface area (TPSA) is 46.6 Å². The Morgan fingerprint density at radius 3 is 2.43 bits per heavy atom. The van der Waals surface area contributed by atoms with Gasteiger partial charge in [0.25, 0.3) is 5.91 Å². The quantitative estimate of drug-likeness (QED) is 0.783. The number of rotatable bonds is 2. The minimum Gasteiger partial charge on any atom is -0.497 e. The molecule has 1 heterocycles. The van der Waals surface area contributed by atoms with E-state index in [1.807, 2.05) is 0 Å². The molecule has 2 amide bonds. The molecule has 4 nitrogen and oxygen atoms in total. The smallest absolute Gasteiger partial charge is 0.260 e. The van der Waals surface area contributed by atoms with Crippen molar-refractivity contribution < 1.29 is 14.3 Å². The number of amides is 2. The fourth-order valence-corrected chi connectivity index (χ4v) is 3.95. The Kier molecular flexibility index (Phi) is 4.99. The first-order valence-electron chi connectivity index (χ1n) is 8.68. The van der Waals surface area contributed by atoms with Crippen molar-refractivity contribution in [1.29, 1.82) is 0 Å². The molecule has 0 aromatic heterocycles. The normalized spacial score (nSPS) is 25.3. The van der Waals surface area contributed by atoms with Gasteiger partial charge in [0, 0.05) is 18.5 Å². The second-order valence-electron chi connectivity index (χ2n) is 6.73. The molecule has 4 heteroatoms. The van der Waals surface area contributed by atoms with Crippen molar-refractivity contribution in [1.82, 2.24) is 4.90 Å². The molecule has 1 aromatic rings. The Hall–Kier alpha value is -1.84. The van der Waals surface area contributed by atoms with Crippen LogP contribution in [0, 0.1) is 11.8 Å². The van der Waals surface area contributed by atoms with E-state index in [9.17, 15) is 9.59 Å². The van der Waals surface area contributed by atoms with Crippen molar-refractivity contribution in [2.45, 2.75) is 44.9 Å². The van der Waals surface area contributed by atoms with Gasteiger partial charge in [-0.15, -0.1) is 0 Å². The summed E-state index contributed by atoms with van der Waals surface area (Å²) in [5.41, 5.74) is 0.561. The van der Waals surface area contributed by atoms with E-state index in [1.165, 1.54) is 30.6 Å². The predicted octanol–water partition coefficient (Wildman–Crippen LogP) is 3.65. The zero-order valence-corrected chi connectivity index (χ0v) is 13.8. The number of likely N-dealkylation sites (tertiary alicyclic amines) is 1. The number of methoxy groups -OCH3 is 1. The second-order valence-corrected chi connectivity index (χ2v) is 6.73. The molecule has 0 bridgehead atoms. The van der Waals surface area contributed by atoms with Gasteiger partial charge in [-0.25, -0.2) is 0 Å². The molecule has 1 saturated carbocycles. The molecular weight excluding hydrogens is 290 g/mol. The van der Waals surface area contributed by atoms with E-state index in [1.54, 1.807) is 31.4 Å². The summed E-state index contributed by atoms with van der Waals surface area (Å²) in [6.07, 6.45) is 7.57. The summed E-state index contributed by atoms with van der Waals surface area (Å²) < 4.78 is 5.13. The average Bonchev–Trinajstić information content (AvgIpc) is 2.89. The number of fused-ring (bicyclic) bond motifs is 1. The highest BCUT2D eigenvalue weighted by molar-refractivity contribution is 6.04. The minimum atomic E-state index is -0.164. The lowest BCUT2D eigenvalue weighted by molar-refractivity contribution is -0.128. The van der Waals surface area contributed by atoms with Crippen molar-refractivity contribution in [3.05, 3.63) is 29.8 Å². The third-order valence-electron chi connectivity index (χ3n) is 5.35. The van der Waals surface area contributed by atoms with Crippen LogP contribution in [0.1, 0.15) is 55.3 Å². The van der Waals surface area contributed by atoms with Gasteiger partial charge in [-0.1, -0.05) is 25.7 Å². The number of hydrogen-bond donors (Lipinski definition) is 0. The van der Waals surface area contributed by atoms with Crippen LogP contribution >= 0.6 is 0 Å². The summed E-state index contributed by atoms with van der Waals surface area (Å²) >= 11 is 0. The van der Waals surface area contributed by atoms with Gasteiger partial charge >= 0.3 is 0 Å². The van der Waals surface area contributed by atoms with Gasteiger partial charge in [-0.2, -0.15) is 0 Å². The van der Waals surface area contributed by atoms with Gasteiger partial charge in [0.2, 0.25) is 5.91 Å². The maximum Gasteiger partial charge on any atom is 0.260 e. The lowest BCUT2D eigenvalue weighted by Crippen LogP contribution is -2.39. The van der Waals surface area contributed by atoms with E-state index in [0.29, 0.717) is 36.1 Å². The van der Waals surface area contributed by atoms with Crippen LogP contribution in [-0.4, -0.2) is 30.4 Å². The van der Waals surface area contributed by atoms with Crippen molar-refractivity contribution in [3.63, 3.8) is 0 Å². The summed E-state index contributed by atoms with van der Waals surface area (Å²) in [6.45, 7) is 0.592. The molecular formula is C19H25NO3. The number of carbonyl (C=O) groups excluding carboxylic acids is 2. The van der Waals surface area contributed by atoms with Crippen molar-refractivity contribution >= 4 is 11.8 Å². The minimum absolute atomic E-state index is 0.0149. The Morgan fingerprint density at radius 1 is 1.04 bits per heavy atom. The Morgan fingerprint density at radius 2 is 1.74 bits per heavy atom. The number of hydrogen-bond acceptors (Lipinski definition) is 3. The summed E-state index contributed by atoms with van der Waals surface area (Å²) in [6, 6.07) is 7.02. The molecule has 2 unspecified atom stereocenters. The molecule has 0 radical (unpaired) electrons. The highest BCUT2D eigenvalue weighted by Crippen LogP contribution is 2.35. The molecule has 1 saturated heterocycles. The van der Waals surface area contributed by atoms with E-state index < -0.39 is 0 Å². The first-order chi connectivity index (χ1) is 11.2. The van der Waals surface area contributed by atoms with Crippen LogP contribution in [0.2, 0.25) is 0 Å². The first kappa shape index (κ1) is 16.0. The van der Waals surface area contributed by atoms with Gasteiger partial charge in [0.05, 0.1) is 7.11 Å². The van der Waals surface area contributed by atoms with Gasteiger partial charge in [-0.3, -0.25) is 14.5 Å². The standard InChI is InChI=1S/C19H25NO3/c1-23-17-10-7-15(8-11-17)19(22)20-13-16-6-4-2-3-5-14(16)9-12-18(20)21/h7-8,10-11,14,16H,2-6,9,12-13H2,1H3. The zero-order valence-electron chi connectivity index (χ0n) is 13.8. The van der Waals surface area contributed by atoms with Crippen LogP contribution in [0.25, 0.3) is 0 Å². The van der Waals surface area contributed by atoms with Crippen LogP contribution in [0.4, 0.5) is 0 Å². The molecule has 2 fully saturated rings. The molecule has 3 rings (SSSR count). The number of imide groups is 1. The van der Waals surface area contributed by atoms with Gasteiger partial charge < -0.3 is 4.74 Å². The monoisotopic (exact) mass is 315 g/mol. The number of nitrogens with zero attached hydrogens (tertiary/aromatic N) is 1. The third kappa shape index (κ3) is 3.57. The Balaban J connectivity index is 1.78. The van der Waals surface area contributed by atoms with Gasteiger partial charge in [0.15, 0.2) is 0 Å². The summed E-state index contributed by atoms with van der Waals surface area (Å²) in [5, 5.41) is 0. The maximum atomic E-state index is 12.8. The molecule has 2 atom stereocenters. The molecule has 2 aliphatic rings. The van der Waals surface area contributed by atoms with Crippen LogP contribution in [0.5, 0.6) is 5.75 Å². The predicted molar refractivity (Wildman–Crippen MR) is 88.3 cm³/mol. The number of benzene rings is 1. The van der Waals surface area contributed by atoms with Crippen molar-refractivity contribution in [2.75, 3.05) is 13.7 Å². The van der Waals surface area contributed by atoms with Crippen LogP contribution in [-0.2, 0) is 4.79 Å². The molecule has 1 aromatic carbocycles. The van der Waals surface area contributed by atoms with E-state index in [0.717, 1.165) is 12.8 Å². The fourth-order valence-electron chi connectivity index (χ4n) is 3.95.